The Balaban J connectivity index is 0. The molecule has 0 heterocycles. The lowest BCUT2D eigenvalue weighted by atomic mass is 9.66. The van der Waals surface area contributed by atoms with Crippen LogP contribution in [0.3, 0.4) is 0 Å². The lowest BCUT2D eigenvalue weighted by Crippen LogP contribution is -2.49. The zero-order valence-electron chi connectivity index (χ0n) is 28.6. The van der Waals surface area contributed by atoms with Gasteiger partial charge in [0, 0.05) is 27.6 Å². The van der Waals surface area contributed by atoms with Crippen molar-refractivity contribution in [3.8, 4) is 0 Å². The maximum Gasteiger partial charge on any atom is 0.223 e. The van der Waals surface area contributed by atoms with Crippen molar-refractivity contribution in [2.45, 2.75) is 177 Å². The van der Waals surface area contributed by atoms with Crippen LogP contribution in [-0.4, -0.2) is 33.1 Å². The van der Waals surface area contributed by atoms with Gasteiger partial charge in [-0.25, -0.2) is 0 Å². The molecule has 0 saturated heterocycles. The molecular formula is C33H69NO2S. The first kappa shape index (κ1) is 38.9. The molecule has 0 aliphatic carbocycles. The van der Waals surface area contributed by atoms with Crippen LogP contribution < -0.4 is 5.32 Å². The van der Waals surface area contributed by atoms with Crippen molar-refractivity contribution in [3.05, 3.63) is 0 Å². The van der Waals surface area contributed by atoms with Crippen LogP contribution in [0.2, 0.25) is 0 Å². The van der Waals surface area contributed by atoms with Gasteiger partial charge >= 0.3 is 0 Å². The van der Waals surface area contributed by atoms with E-state index in [4.69, 9.17) is 4.74 Å². The number of hydrogen-bond acceptors (Lipinski definition) is 3. The lowest BCUT2D eigenvalue weighted by molar-refractivity contribution is -0.128. The van der Waals surface area contributed by atoms with Crippen LogP contribution in [0.25, 0.3) is 0 Å². The minimum Gasteiger partial charge on any atom is -0.375 e. The van der Waals surface area contributed by atoms with Crippen LogP contribution in [0, 0.1) is 22.7 Å². The monoisotopic (exact) mass is 544 g/mol. The number of hydrogen-bond donors (Lipinski definition) is 1. The van der Waals surface area contributed by atoms with Crippen LogP contribution in [0.15, 0.2) is 0 Å². The molecule has 0 fully saturated rings. The summed E-state index contributed by atoms with van der Waals surface area (Å²) in [5.74, 6) is 0.791. The predicted molar refractivity (Wildman–Crippen MR) is 170 cm³/mol. The number of carbonyl (C=O) groups excluding carboxylic acids is 1. The predicted octanol–water partition coefficient (Wildman–Crippen LogP) is 10.3. The second-order valence-corrected chi connectivity index (χ2v) is 17.8. The zero-order chi connectivity index (χ0) is 30.1. The Morgan fingerprint density at radius 1 is 0.811 bits per heavy atom. The Morgan fingerprint density at radius 2 is 1.27 bits per heavy atom. The molecule has 3 nitrogen and oxygen atoms in total. The van der Waals surface area contributed by atoms with Crippen molar-refractivity contribution < 1.29 is 9.53 Å². The molecule has 0 aliphatic rings. The van der Waals surface area contributed by atoms with E-state index in [9.17, 15) is 4.79 Å². The lowest BCUT2D eigenvalue weighted by Gasteiger charge is -2.46. The van der Waals surface area contributed by atoms with Gasteiger partial charge in [-0.2, -0.15) is 0 Å². The molecule has 1 unspecified atom stereocenters. The zero-order valence-corrected chi connectivity index (χ0v) is 29.4. The quantitative estimate of drug-likeness (QED) is 0.210. The van der Waals surface area contributed by atoms with Gasteiger partial charge in [0.2, 0.25) is 5.91 Å². The number of amides is 1. The molecule has 0 aliphatic heterocycles. The van der Waals surface area contributed by atoms with E-state index < -0.39 is 0 Å². The van der Waals surface area contributed by atoms with Gasteiger partial charge in [0.15, 0.2) is 0 Å². The van der Waals surface area contributed by atoms with Crippen LogP contribution in [0.4, 0.5) is 0 Å². The van der Waals surface area contributed by atoms with Gasteiger partial charge in [-0.05, 0) is 70.1 Å². The number of rotatable bonds is 16. The molecular weight excluding hydrogens is 474 g/mol. The van der Waals surface area contributed by atoms with Crippen molar-refractivity contribution in [2.75, 3.05) is 6.61 Å². The van der Waals surface area contributed by atoms with Gasteiger partial charge in [-0.15, -0.1) is 11.8 Å². The summed E-state index contributed by atoms with van der Waals surface area (Å²) in [5, 5.41) is 3.32. The van der Waals surface area contributed by atoms with E-state index in [-0.39, 0.29) is 37.9 Å². The maximum atomic E-state index is 13.1. The van der Waals surface area contributed by atoms with E-state index >= 15 is 0 Å². The number of thioether (sulfide) groups is 1. The normalized spacial score (nSPS) is 14.8. The first-order valence-corrected chi connectivity index (χ1v) is 15.8. The minimum atomic E-state index is -0.303. The summed E-state index contributed by atoms with van der Waals surface area (Å²) in [4.78, 5) is 13.1. The van der Waals surface area contributed by atoms with E-state index in [1.165, 1.54) is 6.42 Å². The molecule has 0 aromatic carbocycles. The van der Waals surface area contributed by atoms with Gasteiger partial charge in [-0.3, -0.25) is 4.79 Å². The van der Waals surface area contributed by atoms with Crippen LogP contribution >= 0.6 is 11.8 Å². The first-order valence-electron chi connectivity index (χ1n) is 15.0. The molecule has 1 N–H and O–H groups in total. The standard InChI is InChI=1S/C31H63NO2S.C2H6/c1-17-26(5,6)22-27(7,8)31(15,16)34-19-18-28(9,10)32-25(33)24(4)21-30(13,14)35-29(11,12)20-23(2)3;1-2/h23-24H,17-22H2,1-16H3,(H,32,33);1-2H3. The fraction of sp³-hybridized carbons (Fsp3) is 0.970. The van der Waals surface area contributed by atoms with Gasteiger partial charge < -0.3 is 10.1 Å². The highest BCUT2D eigenvalue weighted by Crippen LogP contribution is 2.45. The van der Waals surface area contributed by atoms with Crippen LogP contribution in [0.1, 0.15) is 157 Å². The number of carbonyl (C=O) groups is 1. The molecule has 0 radical (unpaired) electrons. The van der Waals surface area contributed by atoms with Gasteiger partial charge in [-0.1, -0.05) is 103 Å². The molecule has 0 aromatic heterocycles. The molecule has 0 saturated carbocycles. The minimum absolute atomic E-state index is 0.0285. The van der Waals surface area contributed by atoms with Crippen molar-refractivity contribution >= 4 is 17.7 Å². The van der Waals surface area contributed by atoms with Crippen molar-refractivity contribution in [1.29, 1.82) is 0 Å². The highest BCUT2D eigenvalue weighted by Gasteiger charge is 2.41. The van der Waals surface area contributed by atoms with E-state index in [0.29, 0.717) is 17.9 Å². The van der Waals surface area contributed by atoms with Crippen LogP contribution in [0.5, 0.6) is 0 Å². The summed E-state index contributed by atoms with van der Waals surface area (Å²) in [5.41, 5.74) is -0.191. The molecule has 224 valence electrons. The Hall–Kier alpha value is -0.220. The molecule has 4 heteroatoms. The third-order valence-corrected chi connectivity index (χ3v) is 9.30. The summed E-state index contributed by atoms with van der Waals surface area (Å²) < 4.78 is 6.73. The Bertz CT molecular complexity index is 659. The average molecular weight is 544 g/mol. The molecule has 1 amide bonds. The fourth-order valence-corrected chi connectivity index (χ4v) is 7.70. The number of ether oxygens (including phenoxy) is 1. The van der Waals surface area contributed by atoms with Gasteiger partial charge in [0.25, 0.3) is 0 Å². The molecule has 0 aromatic rings. The molecule has 1 atom stereocenters. The van der Waals surface area contributed by atoms with E-state index in [1.54, 1.807) is 0 Å². The Kier molecular flexibility index (Phi) is 15.7. The second-order valence-electron chi connectivity index (χ2n) is 15.4. The van der Waals surface area contributed by atoms with Gasteiger partial charge in [0.05, 0.1) is 5.60 Å². The Labute approximate surface area is 238 Å². The third-order valence-electron chi connectivity index (χ3n) is 7.86. The molecule has 0 bridgehead atoms. The van der Waals surface area contributed by atoms with Crippen molar-refractivity contribution in [2.24, 2.45) is 22.7 Å². The molecule has 0 rings (SSSR count). The summed E-state index contributed by atoms with van der Waals surface area (Å²) in [7, 11) is 0. The van der Waals surface area contributed by atoms with Gasteiger partial charge in [0.1, 0.15) is 0 Å². The highest BCUT2D eigenvalue weighted by atomic mass is 32.2. The van der Waals surface area contributed by atoms with Crippen LogP contribution in [-0.2, 0) is 9.53 Å². The summed E-state index contributed by atoms with van der Waals surface area (Å²) in [6.45, 7) is 40.8. The first-order chi connectivity index (χ1) is 16.4. The van der Waals surface area contributed by atoms with Crippen molar-refractivity contribution in [1.82, 2.24) is 5.32 Å². The maximum absolute atomic E-state index is 13.1. The fourth-order valence-electron chi connectivity index (χ4n) is 5.45. The summed E-state index contributed by atoms with van der Waals surface area (Å²) in [6, 6.07) is 0. The second kappa shape index (κ2) is 15.0. The van der Waals surface area contributed by atoms with E-state index in [2.05, 4.69) is 116 Å². The summed E-state index contributed by atoms with van der Waals surface area (Å²) in [6.07, 6.45) is 5.11. The largest absolute Gasteiger partial charge is 0.375 e. The average Bonchev–Trinajstić information content (AvgIpc) is 2.65. The number of nitrogens with one attached hydrogen (secondary N) is 1. The van der Waals surface area contributed by atoms with Crippen molar-refractivity contribution in [3.63, 3.8) is 0 Å². The van der Waals surface area contributed by atoms with E-state index in [1.807, 2.05) is 25.6 Å². The highest BCUT2D eigenvalue weighted by molar-refractivity contribution is 8.01. The third kappa shape index (κ3) is 15.8. The Morgan fingerprint density at radius 3 is 1.70 bits per heavy atom. The topological polar surface area (TPSA) is 38.3 Å². The molecule has 37 heavy (non-hydrogen) atoms. The van der Waals surface area contributed by atoms with E-state index in [0.717, 1.165) is 25.7 Å². The smallest absolute Gasteiger partial charge is 0.223 e. The molecule has 0 spiro atoms. The summed E-state index contributed by atoms with van der Waals surface area (Å²) >= 11 is 2.02. The SMILES string of the molecule is CC.CCC(C)(C)CC(C)(C)C(C)(C)OCCC(C)(C)NC(=O)C(C)CC(C)(C)SC(C)(C)CC(C)C.